The molecule has 0 aliphatic heterocycles. The molecule has 0 radical (unpaired) electrons. The molecule has 0 aromatic carbocycles. The zero-order valence-corrected chi connectivity index (χ0v) is 8.37. The number of hydrogen-bond donors (Lipinski definition) is 1. The molecule has 0 saturated carbocycles. The van der Waals surface area contributed by atoms with Crippen LogP contribution in [0.5, 0.6) is 0 Å². The van der Waals surface area contributed by atoms with Gasteiger partial charge in [0.2, 0.25) is 0 Å². The minimum Gasteiger partial charge on any atom is -0.329 e. The van der Waals surface area contributed by atoms with Crippen molar-refractivity contribution >= 4 is 21.4 Å². The van der Waals surface area contributed by atoms with Crippen LogP contribution in [0.15, 0.2) is 0 Å². The van der Waals surface area contributed by atoms with Crippen LogP contribution in [0, 0.1) is 0 Å². The number of rotatable bonds is 4. The highest BCUT2D eigenvalue weighted by atomic mass is 35.5. The minimum absolute atomic E-state index is 0.00123. The van der Waals surface area contributed by atoms with Crippen LogP contribution in [0.25, 0.3) is 0 Å². The molecule has 0 rings (SSSR count). The van der Waals surface area contributed by atoms with Gasteiger partial charge < -0.3 is 5.73 Å². The largest absolute Gasteiger partial charge is 0.329 e. The smallest absolute Gasteiger partial charge is 0.157 e. The highest BCUT2D eigenvalue weighted by Gasteiger charge is 2.31. The highest BCUT2D eigenvalue weighted by molar-refractivity contribution is 7.92. The van der Waals surface area contributed by atoms with Crippen molar-refractivity contribution in [1.82, 2.24) is 0 Å². The predicted molar refractivity (Wildman–Crippen MR) is 47.6 cm³/mol. The molecule has 0 saturated heterocycles. The average Bonchev–Trinajstić information content (AvgIpc) is 1.87. The number of halogens is 1. The van der Waals surface area contributed by atoms with Gasteiger partial charge in [-0.25, -0.2) is 8.42 Å². The Labute approximate surface area is 72.8 Å². The Morgan fingerprint density at radius 2 is 1.91 bits per heavy atom. The molecule has 0 aliphatic rings. The Kier molecular flexibility index (Phi) is 3.80. The zero-order valence-electron chi connectivity index (χ0n) is 6.80. The van der Waals surface area contributed by atoms with Crippen molar-refractivity contribution < 1.29 is 8.42 Å². The molecule has 0 aromatic rings. The van der Waals surface area contributed by atoms with Crippen molar-refractivity contribution in [3.63, 3.8) is 0 Å². The van der Waals surface area contributed by atoms with Gasteiger partial charge >= 0.3 is 0 Å². The van der Waals surface area contributed by atoms with E-state index >= 15 is 0 Å². The molecule has 0 aromatic heterocycles. The van der Waals surface area contributed by atoms with Gasteiger partial charge in [-0.05, 0) is 13.8 Å². The lowest BCUT2D eigenvalue weighted by atomic mass is 10.2. The molecule has 0 bridgehead atoms. The number of nitrogens with two attached hydrogens (primary N) is 1. The van der Waals surface area contributed by atoms with Gasteiger partial charge in [0, 0.05) is 12.4 Å². The summed E-state index contributed by atoms with van der Waals surface area (Å²) in [6.45, 7) is 3.34. The summed E-state index contributed by atoms with van der Waals surface area (Å²) < 4.78 is 21.8. The standard InChI is InChI=1S/C6H14ClNO2S/c1-6(2,5-8)11(9,10)4-3-7/h3-5,8H2,1-2H3. The fraction of sp³-hybridized carbons (Fsp3) is 1.00. The van der Waals surface area contributed by atoms with Crippen molar-refractivity contribution in [1.29, 1.82) is 0 Å². The lowest BCUT2D eigenvalue weighted by Gasteiger charge is -2.21. The number of hydrogen-bond acceptors (Lipinski definition) is 3. The average molecular weight is 200 g/mol. The molecule has 0 fully saturated rings. The van der Waals surface area contributed by atoms with Gasteiger partial charge in [-0.3, -0.25) is 0 Å². The van der Waals surface area contributed by atoms with Crippen molar-refractivity contribution in [3.05, 3.63) is 0 Å². The van der Waals surface area contributed by atoms with Crippen molar-refractivity contribution in [3.8, 4) is 0 Å². The maximum Gasteiger partial charge on any atom is 0.157 e. The summed E-state index contributed by atoms with van der Waals surface area (Å²) >= 11 is 5.33. The van der Waals surface area contributed by atoms with Gasteiger partial charge in [-0.15, -0.1) is 11.6 Å². The lowest BCUT2D eigenvalue weighted by Crippen LogP contribution is -2.41. The molecule has 68 valence electrons. The number of sulfone groups is 1. The van der Waals surface area contributed by atoms with Gasteiger partial charge in [0.05, 0.1) is 10.5 Å². The first kappa shape index (κ1) is 11.2. The van der Waals surface area contributed by atoms with Crippen LogP contribution < -0.4 is 5.73 Å². The summed E-state index contributed by atoms with van der Waals surface area (Å²) in [4.78, 5) is 0. The summed E-state index contributed by atoms with van der Waals surface area (Å²) in [5.41, 5.74) is 5.30. The molecule has 0 amide bonds. The Morgan fingerprint density at radius 1 is 1.45 bits per heavy atom. The third-order valence-electron chi connectivity index (χ3n) is 1.68. The number of alkyl halides is 1. The first-order chi connectivity index (χ1) is 4.87. The van der Waals surface area contributed by atoms with E-state index in [0.717, 1.165) is 0 Å². The second-order valence-corrected chi connectivity index (χ2v) is 6.09. The normalized spacial score (nSPS) is 13.5. The van der Waals surface area contributed by atoms with Crippen molar-refractivity contribution in [2.75, 3.05) is 18.2 Å². The molecule has 3 nitrogen and oxygen atoms in total. The summed E-state index contributed by atoms with van der Waals surface area (Å²) in [7, 11) is -3.12. The molecule has 0 aliphatic carbocycles. The van der Waals surface area contributed by atoms with Gasteiger partial charge in [-0.1, -0.05) is 0 Å². The van der Waals surface area contributed by atoms with E-state index in [1.807, 2.05) is 0 Å². The monoisotopic (exact) mass is 199 g/mol. The molecular formula is C6H14ClNO2S. The van der Waals surface area contributed by atoms with E-state index in [4.69, 9.17) is 17.3 Å². The van der Waals surface area contributed by atoms with Crippen LogP contribution in [0.4, 0.5) is 0 Å². The van der Waals surface area contributed by atoms with E-state index in [9.17, 15) is 8.42 Å². The molecule has 2 N–H and O–H groups in total. The first-order valence-corrected chi connectivity index (χ1v) is 5.54. The van der Waals surface area contributed by atoms with Crippen molar-refractivity contribution in [2.45, 2.75) is 18.6 Å². The third kappa shape index (κ3) is 2.61. The van der Waals surface area contributed by atoms with Gasteiger partial charge in [0.1, 0.15) is 0 Å². The minimum atomic E-state index is -3.12. The van der Waals surface area contributed by atoms with Crippen LogP contribution in [0.2, 0.25) is 0 Å². The van der Waals surface area contributed by atoms with Crippen molar-refractivity contribution in [2.24, 2.45) is 5.73 Å². The van der Waals surface area contributed by atoms with E-state index in [1.165, 1.54) is 0 Å². The second kappa shape index (κ2) is 3.74. The summed E-state index contributed by atoms with van der Waals surface area (Å²) in [6.07, 6.45) is 0. The van der Waals surface area contributed by atoms with E-state index in [-0.39, 0.29) is 18.2 Å². The van der Waals surface area contributed by atoms with Crippen LogP contribution in [0.3, 0.4) is 0 Å². The molecule has 5 heteroatoms. The Balaban J connectivity index is 4.55. The zero-order chi connectivity index (χ0) is 9.12. The molecule has 0 atom stereocenters. The summed E-state index contributed by atoms with van der Waals surface area (Å²) in [6, 6.07) is 0. The van der Waals surface area contributed by atoms with E-state index in [1.54, 1.807) is 13.8 Å². The Hall–Kier alpha value is 0.200. The van der Waals surface area contributed by atoms with Gasteiger partial charge in [0.25, 0.3) is 0 Å². The quantitative estimate of drug-likeness (QED) is 0.666. The van der Waals surface area contributed by atoms with Crippen LogP contribution >= 0.6 is 11.6 Å². The second-order valence-electron chi connectivity index (χ2n) is 2.97. The molecular weight excluding hydrogens is 186 g/mol. The molecule has 0 spiro atoms. The lowest BCUT2D eigenvalue weighted by molar-refractivity contribution is 0.550. The molecule has 0 unspecified atom stereocenters. The van der Waals surface area contributed by atoms with E-state index in [2.05, 4.69) is 0 Å². The molecule has 0 heterocycles. The fourth-order valence-corrected chi connectivity index (χ4v) is 2.12. The van der Waals surface area contributed by atoms with Crippen LogP contribution in [-0.2, 0) is 9.84 Å². The maximum absolute atomic E-state index is 11.3. The van der Waals surface area contributed by atoms with Gasteiger partial charge in [0.15, 0.2) is 9.84 Å². The SMILES string of the molecule is CC(C)(CN)S(=O)(=O)CCCl. The van der Waals surface area contributed by atoms with E-state index in [0.29, 0.717) is 0 Å². The highest BCUT2D eigenvalue weighted by Crippen LogP contribution is 2.15. The van der Waals surface area contributed by atoms with Crippen LogP contribution in [-0.4, -0.2) is 31.3 Å². The Morgan fingerprint density at radius 3 is 2.18 bits per heavy atom. The summed E-state index contributed by atoms with van der Waals surface area (Å²) in [5, 5.41) is 0. The van der Waals surface area contributed by atoms with E-state index < -0.39 is 14.6 Å². The fourth-order valence-electron chi connectivity index (χ4n) is 0.505. The maximum atomic E-state index is 11.3. The van der Waals surface area contributed by atoms with Crippen LogP contribution in [0.1, 0.15) is 13.8 Å². The van der Waals surface area contributed by atoms with Gasteiger partial charge in [-0.2, -0.15) is 0 Å². The predicted octanol–water partition coefficient (Wildman–Crippen LogP) is 0.377. The molecule has 11 heavy (non-hydrogen) atoms. The first-order valence-electron chi connectivity index (χ1n) is 3.36. The Bertz CT molecular complexity index is 211. The summed E-state index contributed by atoms with van der Waals surface area (Å²) in [5.74, 6) is 0.129. The third-order valence-corrected chi connectivity index (χ3v) is 4.68. The topological polar surface area (TPSA) is 60.2 Å².